The van der Waals surface area contributed by atoms with E-state index >= 15 is 0 Å². The summed E-state index contributed by atoms with van der Waals surface area (Å²) in [5.74, 6) is 0. The number of para-hydroxylation sites is 1. The van der Waals surface area contributed by atoms with Crippen LogP contribution in [0.15, 0.2) is 36.4 Å². The molecule has 1 fully saturated rings. The number of hydrogen-bond acceptors (Lipinski definition) is 2. The first-order valence-corrected chi connectivity index (χ1v) is 9.73. The maximum absolute atomic E-state index is 12.7. The van der Waals surface area contributed by atoms with Gasteiger partial charge >= 0.3 is 6.03 Å². The lowest BCUT2D eigenvalue weighted by Crippen LogP contribution is -2.40. The molecule has 5 heteroatoms. The van der Waals surface area contributed by atoms with Gasteiger partial charge in [0, 0.05) is 40.1 Å². The third kappa shape index (κ3) is 2.86. The number of aromatic nitrogens is 1. The van der Waals surface area contributed by atoms with Gasteiger partial charge in [-0.2, -0.15) is 0 Å². The number of carbonyl (C=O) groups is 1. The Kier molecular flexibility index (Phi) is 4.56. The van der Waals surface area contributed by atoms with Crippen molar-refractivity contribution in [2.45, 2.75) is 45.7 Å². The standard InChI is InChI=1S/C22H27N3O2/c1-14(2)25-19-9-5-4-8-17(19)21-15(3)18(10-11-20(21)25)23-22(27)24-12-6-7-16(24)13-26/h4-5,8-11,14,16,26H,6-7,12-13H2,1-3H3,(H,23,27)/t16-/m0/s1. The van der Waals surface area contributed by atoms with E-state index < -0.39 is 0 Å². The van der Waals surface area contributed by atoms with Crippen LogP contribution in [0.5, 0.6) is 0 Å². The topological polar surface area (TPSA) is 57.5 Å². The number of aliphatic hydroxyl groups excluding tert-OH is 1. The average molecular weight is 365 g/mol. The van der Waals surface area contributed by atoms with E-state index in [-0.39, 0.29) is 18.7 Å². The van der Waals surface area contributed by atoms with Crippen molar-refractivity contribution in [1.82, 2.24) is 9.47 Å². The Morgan fingerprint density at radius 2 is 2.00 bits per heavy atom. The van der Waals surface area contributed by atoms with E-state index in [1.807, 2.05) is 6.07 Å². The molecule has 2 heterocycles. The molecule has 1 aliphatic heterocycles. The van der Waals surface area contributed by atoms with Crippen LogP contribution in [-0.2, 0) is 0 Å². The fourth-order valence-corrected chi connectivity index (χ4v) is 4.43. The lowest BCUT2D eigenvalue weighted by molar-refractivity contribution is 0.166. The van der Waals surface area contributed by atoms with E-state index in [1.165, 1.54) is 21.8 Å². The molecule has 1 aromatic heterocycles. The summed E-state index contributed by atoms with van der Waals surface area (Å²) in [7, 11) is 0. The van der Waals surface area contributed by atoms with Gasteiger partial charge in [-0.25, -0.2) is 4.79 Å². The first-order chi connectivity index (χ1) is 13.0. The largest absolute Gasteiger partial charge is 0.394 e. The Morgan fingerprint density at radius 3 is 2.74 bits per heavy atom. The third-order valence-corrected chi connectivity index (χ3v) is 5.74. The molecule has 1 atom stereocenters. The van der Waals surface area contributed by atoms with Crippen molar-refractivity contribution in [1.29, 1.82) is 0 Å². The van der Waals surface area contributed by atoms with Crippen molar-refractivity contribution in [2.75, 3.05) is 18.5 Å². The molecule has 142 valence electrons. The Hall–Kier alpha value is -2.53. The number of benzene rings is 2. The van der Waals surface area contributed by atoms with Crippen LogP contribution in [0.3, 0.4) is 0 Å². The Morgan fingerprint density at radius 1 is 1.22 bits per heavy atom. The van der Waals surface area contributed by atoms with Gasteiger partial charge in [0.15, 0.2) is 0 Å². The number of amides is 2. The van der Waals surface area contributed by atoms with Crippen LogP contribution in [-0.4, -0.2) is 39.8 Å². The highest BCUT2D eigenvalue weighted by atomic mass is 16.3. The molecule has 4 rings (SSSR count). The second-order valence-corrected chi connectivity index (χ2v) is 7.72. The maximum atomic E-state index is 12.7. The third-order valence-electron chi connectivity index (χ3n) is 5.74. The van der Waals surface area contributed by atoms with E-state index in [4.69, 9.17) is 0 Å². The molecule has 0 spiro atoms. The number of likely N-dealkylation sites (tertiary alicyclic amines) is 1. The molecule has 0 bridgehead atoms. The molecule has 2 N–H and O–H groups in total. The second kappa shape index (κ2) is 6.89. The monoisotopic (exact) mass is 365 g/mol. The fourth-order valence-electron chi connectivity index (χ4n) is 4.43. The molecule has 0 unspecified atom stereocenters. The second-order valence-electron chi connectivity index (χ2n) is 7.72. The Bertz CT molecular complexity index is 1010. The van der Waals surface area contributed by atoms with Crippen LogP contribution < -0.4 is 5.32 Å². The zero-order chi connectivity index (χ0) is 19.1. The summed E-state index contributed by atoms with van der Waals surface area (Å²) in [6, 6.07) is 12.7. The smallest absolute Gasteiger partial charge is 0.322 e. The van der Waals surface area contributed by atoms with Crippen molar-refractivity contribution in [3.63, 3.8) is 0 Å². The van der Waals surface area contributed by atoms with Crippen molar-refractivity contribution in [3.8, 4) is 0 Å². The van der Waals surface area contributed by atoms with E-state index in [1.54, 1.807) is 4.90 Å². The molecular formula is C22H27N3O2. The van der Waals surface area contributed by atoms with Gasteiger partial charge in [-0.3, -0.25) is 0 Å². The molecular weight excluding hydrogens is 338 g/mol. The number of anilines is 1. The van der Waals surface area contributed by atoms with Crippen LogP contribution in [0.25, 0.3) is 21.8 Å². The van der Waals surface area contributed by atoms with Crippen LogP contribution in [0, 0.1) is 6.92 Å². The summed E-state index contributed by atoms with van der Waals surface area (Å²) in [4.78, 5) is 14.5. The Balaban J connectivity index is 1.79. The minimum absolute atomic E-state index is 0.0211. The number of rotatable bonds is 3. The number of urea groups is 1. The van der Waals surface area contributed by atoms with Gasteiger partial charge in [0.25, 0.3) is 0 Å². The molecule has 0 radical (unpaired) electrons. The predicted molar refractivity (Wildman–Crippen MR) is 110 cm³/mol. The van der Waals surface area contributed by atoms with Crippen LogP contribution in [0.4, 0.5) is 10.5 Å². The number of nitrogens with one attached hydrogen (secondary N) is 1. The van der Waals surface area contributed by atoms with Crippen molar-refractivity contribution in [3.05, 3.63) is 42.0 Å². The molecule has 5 nitrogen and oxygen atoms in total. The highest BCUT2D eigenvalue weighted by Crippen LogP contribution is 2.36. The fraction of sp³-hybridized carbons (Fsp3) is 0.409. The van der Waals surface area contributed by atoms with Gasteiger partial charge in [-0.05, 0) is 57.4 Å². The van der Waals surface area contributed by atoms with Crippen molar-refractivity contribution >= 4 is 33.5 Å². The van der Waals surface area contributed by atoms with Gasteiger partial charge in [-0.15, -0.1) is 0 Å². The summed E-state index contributed by atoms with van der Waals surface area (Å²) in [6.07, 6.45) is 1.81. The summed E-state index contributed by atoms with van der Waals surface area (Å²) in [5.41, 5.74) is 4.32. The van der Waals surface area contributed by atoms with Crippen LogP contribution >= 0.6 is 0 Å². The lowest BCUT2D eigenvalue weighted by atomic mass is 10.1. The van der Waals surface area contributed by atoms with Gasteiger partial charge in [0.2, 0.25) is 0 Å². The quantitative estimate of drug-likeness (QED) is 0.708. The first-order valence-electron chi connectivity index (χ1n) is 9.73. The summed E-state index contributed by atoms with van der Waals surface area (Å²) in [5, 5.41) is 15.0. The molecule has 0 aliphatic carbocycles. The summed E-state index contributed by atoms with van der Waals surface area (Å²) < 4.78 is 2.35. The number of aliphatic hydroxyl groups is 1. The van der Waals surface area contributed by atoms with Gasteiger partial charge in [0.05, 0.1) is 12.6 Å². The zero-order valence-corrected chi connectivity index (χ0v) is 16.2. The average Bonchev–Trinajstić information content (AvgIpc) is 3.26. The lowest BCUT2D eigenvalue weighted by Gasteiger charge is -2.24. The number of carbonyl (C=O) groups excluding carboxylic acids is 1. The predicted octanol–water partition coefficient (Wildman–Crippen LogP) is 4.67. The van der Waals surface area contributed by atoms with Crippen molar-refractivity contribution in [2.24, 2.45) is 0 Å². The first kappa shape index (κ1) is 17.9. The van der Waals surface area contributed by atoms with Gasteiger partial charge < -0.3 is 19.9 Å². The number of hydrogen-bond donors (Lipinski definition) is 2. The highest BCUT2D eigenvalue weighted by Gasteiger charge is 2.28. The summed E-state index contributed by atoms with van der Waals surface area (Å²) in [6.45, 7) is 7.18. The van der Waals surface area contributed by atoms with E-state index in [9.17, 15) is 9.90 Å². The van der Waals surface area contributed by atoms with E-state index in [0.717, 1.165) is 24.1 Å². The SMILES string of the molecule is Cc1c(NC(=O)N2CCC[C@H]2CO)ccc2c1c1ccccc1n2C(C)C. The van der Waals surface area contributed by atoms with Crippen LogP contribution in [0.2, 0.25) is 0 Å². The number of nitrogens with zero attached hydrogens (tertiary/aromatic N) is 2. The molecule has 0 saturated carbocycles. The van der Waals surface area contributed by atoms with E-state index in [2.05, 4.69) is 61.0 Å². The molecule has 27 heavy (non-hydrogen) atoms. The molecule has 2 aromatic carbocycles. The molecule has 1 saturated heterocycles. The minimum Gasteiger partial charge on any atom is -0.394 e. The van der Waals surface area contributed by atoms with Gasteiger partial charge in [0.1, 0.15) is 0 Å². The normalized spacial score (nSPS) is 17.4. The van der Waals surface area contributed by atoms with Crippen molar-refractivity contribution < 1.29 is 9.90 Å². The highest BCUT2D eigenvalue weighted by molar-refractivity contribution is 6.12. The summed E-state index contributed by atoms with van der Waals surface area (Å²) >= 11 is 0. The van der Waals surface area contributed by atoms with Crippen LogP contribution in [0.1, 0.15) is 38.3 Å². The zero-order valence-electron chi connectivity index (χ0n) is 16.2. The molecule has 1 aliphatic rings. The minimum atomic E-state index is -0.124. The molecule has 2 amide bonds. The van der Waals surface area contributed by atoms with E-state index in [0.29, 0.717) is 12.6 Å². The van der Waals surface area contributed by atoms with Gasteiger partial charge in [-0.1, -0.05) is 18.2 Å². The maximum Gasteiger partial charge on any atom is 0.322 e. The number of aryl methyl sites for hydroxylation is 1. The Labute approximate surface area is 159 Å². The number of fused-ring (bicyclic) bond motifs is 3. The molecule has 3 aromatic rings.